The third-order valence-electron chi connectivity index (χ3n) is 2.75. The van der Waals surface area contributed by atoms with Gasteiger partial charge in [0.15, 0.2) is 0 Å². The van der Waals surface area contributed by atoms with E-state index in [1.165, 1.54) is 5.56 Å². The number of hydrogen-bond donors (Lipinski definition) is 0. The highest BCUT2D eigenvalue weighted by atomic mass is 35.5. The Hall–Kier alpha value is -0.400. The van der Waals surface area contributed by atoms with Gasteiger partial charge in [-0.2, -0.15) is 0 Å². The molecule has 1 aromatic carbocycles. The van der Waals surface area contributed by atoms with Crippen LogP contribution in [0.5, 0.6) is 5.75 Å². The van der Waals surface area contributed by atoms with Gasteiger partial charge in [0.25, 0.3) is 0 Å². The number of benzene rings is 1. The van der Waals surface area contributed by atoms with Crippen molar-refractivity contribution < 1.29 is 4.74 Å². The predicted octanol–water partition coefficient (Wildman–Crippen LogP) is 3.47. The predicted molar refractivity (Wildman–Crippen MR) is 64.1 cm³/mol. The van der Waals surface area contributed by atoms with Crippen molar-refractivity contribution in [3.63, 3.8) is 0 Å². The Kier molecular flexibility index (Phi) is 3.76. The lowest BCUT2D eigenvalue weighted by molar-refractivity contribution is 0.203. The van der Waals surface area contributed by atoms with E-state index in [9.17, 15) is 0 Å². The van der Waals surface area contributed by atoms with Gasteiger partial charge < -0.3 is 4.74 Å². The zero-order chi connectivity index (χ0) is 10.7. The van der Waals surface area contributed by atoms with Gasteiger partial charge in [-0.15, -0.1) is 23.2 Å². The first-order chi connectivity index (χ1) is 7.33. The van der Waals surface area contributed by atoms with Crippen molar-refractivity contribution in [2.75, 3.05) is 11.8 Å². The van der Waals surface area contributed by atoms with Crippen molar-refractivity contribution in [3.05, 3.63) is 29.8 Å². The molecule has 3 heteroatoms. The van der Waals surface area contributed by atoms with E-state index in [0.29, 0.717) is 17.7 Å². The van der Waals surface area contributed by atoms with E-state index in [2.05, 4.69) is 6.07 Å². The summed E-state index contributed by atoms with van der Waals surface area (Å²) in [6.07, 6.45) is 2.19. The van der Waals surface area contributed by atoms with Crippen LogP contribution in [0.1, 0.15) is 12.0 Å². The molecule has 82 valence electrons. The van der Waals surface area contributed by atoms with Gasteiger partial charge in [0.2, 0.25) is 0 Å². The number of halogens is 2. The molecule has 0 aliphatic carbocycles. The summed E-state index contributed by atoms with van der Waals surface area (Å²) >= 11 is 11.6. The van der Waals surface area contributed by atoms with E-state index in [0.717, 1.165) is 18.6 Å². The van der Waals surface area contributed by atoms with Crippen LogP contribution in [0, 0.1) is 5.92 Å². The molecule has 0 saturated carbocycles. The van der Waals surface area contributed by atoms with E-state index < -0.39 is 0 Å². The van der Waals surface area contributed by atoms with Gasteiger partial charge in [0.1, 0.15) is 11.9 Å². The highest BCUT2D eigenvalue weighted by Crippen LogP contribution is 2.31. The second kappa shape index (κ2) is 5.09. The maximum absolute atomic E-state index is 5.82. The standard InChI is InChI=1S/C12H14Cl2O/c13-7-9(8-14)5-11-6-10-3-1-2-4-12(10)15-11/h1-4,9,11H,5-8H2. The van der Waals surface area contributed by atoms with Crippen molar-refractivity contribution in [1.82, 2.24) is 0 Å². The van der Waals surface area contributed by atoms with Crippen LogP contribution in [0.2, 0.25) is 0 Å². The lowest BCUT2D eigenvalue weighted by Crippen LogP contribution is -2.20. The molecule has 2 rings (SSSR count). The van der Waals surface area contributed by atoms with E-state index in [1.54, 1.807) is 0 Å². The lowest BCUT2D eigenvalue weighted by atomic mass is 10.0. The Bertz CT molecular complexity index is 298. The Morgan fingerprint density at radius 2 is 2.00 bits per heavy atom. The van der Waals surface area contributed by atoms with Crippen molar-refractivity contribution in [2.24, 2.45) is 5.92 Å². The van der Waals surface area contributed by atoms with Crippen LogP contribution < -0.4 is 4.74 Å². The molecule has 0 fully saturated rings. The summed E-state index contributed by atoms with van der Waals surface area (Å²) in [6.45, 7) is 0. The Labute approximate surface area is 100 Å². The van der Waals surface area contributed by atoms with Crippen molar-refractivity contribution in [2.45, 2.75) is 18.9 Å². The Morgan fingerprint density at radius 3 is 2.67 bits per heavy atom. The molecule has 1 nitrogen and oxygen atoms in total. The van der Waals surface area contributed by atoms with Crippen LogP contribution >= 0.6 is 23.2 Å². The van der Waals surface area contributed by atoms with Gasteiger partial charge in [-0.05, 0) is 24.0 Å². The van der Waals surface area contributed by atoms with Crippen LogP contribution in [0.15, 0.2) is 24.3 Å². The molecular weight excluding hydrogens is 231 g/mol. The van der Waals surface area contributed by atoms with E-state index in [-0.39, 0.29) is 6.10 Å². The molecule has 1 atom stereocenters. The molecule has 0 bridgehead atoms. The number of rotatable bonds is 4. The summed E-state index contributed by atoms with van der Waals surface area (Å²) < 4.78 is 5.82. The summed E-state index contributed by atoms with van der Waals surface area (Å²) in [5.41, 5.74) is 1.30. The van der Waals surface area contributed by atoms with Gasteiger partial charge in [0.05, 0.1) is 0 Å². The van der Waals surface area contributed by atoms with E-state index >= 15 is 0 Å². The molecule has 0 amide bonds. The third kappa shape index (κ3) is 2.59. The minimum Gasteiger partial charge on any atom is -0.490 e. The van der Waals surface area contributed by atoms with Crippen LogP contribution in [0.3, 0.4) is 0 Å². The molecule has 15 heavy (non-hydrogen) atoms. The number of ether oxygens (including phenoxy) is 1. The number of alkyl halides is 2. The first-order valence-corrected chi connectivity index (χ1v) is 6.27. The molecule has 1 unspecified atom stereocenters. The highest BCUT2D eigenvalue weighted by molar-refractivity contribution is 6.20. The molecule has 0 N–H and O–H groups in total. The van der Waals surface area contributed by atoms with Crippen LogP contribution in [0.25, 0.3) is 0 Å². The zero-order valence-corrected chi connectivity index (χ0v) is 9.97. The van der Waals surface area contributed by atoms with Gasteiger partial charge in [-0.1, -0.05) is 18.2 Å². The average molecular weight is 245 g/mol. The molecule has 0 aromatic heterocycles. The Morgan fingerprint density at radius 1 is 1.27 bits per heavy atom. The monoisotopic (exact) mass is 244 g/mol. The summed E-state index contributed by atoms with van der Waals surface area (Å²) in [5, 5.41) is 0. The normalized spacial score (nSPS) is 19.0. The molecular formula is C12H14Cl2O. The Balaban J connectivity index is 1.95. The van der Waals surface area contributed by atoms with Crippen molar-refractivity contribution in [3.8, 4) is 5.75 Å². The fourth-order valence-corrected chi connectivity index (χ4v) is 2.51. The highest BCUT2D eigenvalue weighted by Gasteiger charge is 2.24. The topological polar surface area (TPSA) is 9.23 Å². The van der Waals surface area contributed by atoms with Crippen LogP contribution in [-0.2, 0) is 6.42 Å². The quantitative estimate of drug-likeness (QED) is 0.738. The maximum atomic E-state index is 5.82. The smallest absolute Gasteiger partial charge is 0.123 e. The summed E-state index contributed by atoms with van der Waals surface area (Å²) in [5.74, 6) is 2.59. The molecule has 1 aliphatic rings. The summed E-state index contributed by atoms with van der Waals surface area (Å²) in [7, 11) is 0. The van der Waals surface area contributed by atoms with Crippen molar-refractivity contribution >= 4 is 23.2 Å². The first-order valence-electron chi connectivity index (χ1n) is 5.20. The molecule has 0 saturated heterocycles. The van der Waals surface area contributed by atoms with Gasteiger partial charge in [-0.3, -0.25) is 0 Å². The minimum atomic E-state index is 0.255. The van der Waals surface area contributed by atoms with E-state index in [4.69, 9.17) is 27.9 Å². The summed E-state index contributed by atoms with van der Waals surface area (Å²) in [6, 6.07) is 8.18. The zero-order valence-electron chi connectivity index (χ0n) is 8.46. The van der Waals surface area contributed by atoms with Gasteiger partial charge in [0, 0.05) is 18.2 Å². The fourth-order valence-electron chi connectivity index (χ4n) is 1.92. The maximum Gasteiger partial charge on any atom is 0.123 e. The molecule has 1 aliphatic heterocycles. The first kappa shape index (κ1) is 11.1. The third-order valence-corrected chi connectivity index (χ3v) is 3.62. The SMILES string of the molecule is ClCC(CCl)CC1Cc2ccccc2O1. The molecule has 1 aromatic rings. The number of hydrogen-bond acceptors (Lipinski definition) is 1. The van der Waals surface area contributed by atoms with Crippen LogP contribution in [0.4, 0.5) is 0 Å². The average Bonchev–Trinajstić information content (AvgIpc) is 2.68. The number of fused-ring (bicyclic) bond motifs is 1. The second-order valence-corrected chi connectivity index (χ2v) is 4.58. The van der Waals surface area contributed by atoms with Gasteiger partial charge >= 0.3 is 0 Å². The second-order valence-electron chi connectivity index (χ2n) is 3.96. The fraction of sp³-hybridized carbons (Fsp3) is 0.500. The van der Waals surface area contributed by atoms with E-state index in [1.807, 2.05) is 18.2 Å². The molecule has 0 radical (unpaired) electrons. The lowest BCUT2D eigenvalue weighted by Gasteiger charge is -2.15. The van der Waals surface area contributed by atoms with Crippen LogP contribution in [-0.4, -0.2) is 17.9 Å². The number of para-hydroxylation sites is 1. The largest absolute Gasteiger partial charge is 0.490 e. The summed E-state index contributed by atoms with van der Waals surface area (Å²) in [4.78, 5) is 0. The van der Waals surface area contributed by atoms with Crippen molar-refractivity contribution in [1.29, 1.82) is 0 Å². The minimum absolute atomic E-state index is 0.255. The molecule has 1 heterocycles. The molecule has 0 spiro atoms. The van der Waals surface area contributed by atoms with Gasteiger partial charge in [-0.25, -0.2) is 0 Å².